The Kier molecular flexibility index (Phi) is 4.90. The van der Waals surface area contributed by atoms with Crippen LogP contribution in [-0.2, 0) is 0 Å². The number of aromatic nitrogens is 3. The third kappa shape index (κ3) is 3.32. The zero-order valence-electron chi connectivity index (χ0n) is 13.7. The van der Waals surface area contributed by atoms with E-state index in [1.54, 1.807) is 6.08 Å². The monoisotopic (exact) mass is 426 g/mol. The Hall–Kier alpha value is -2.38. The Morgan fingerprint density at radius 2 is 1.96 bits per heavy atom. The summed E-state index contributed by atoms with van der Waals surface area (Å²) in [6, 6.07) is 15.9. The maximum atomic E-state index is 6.23. The van der Waals surface area contributed by atoms with Gasteiger partial charge in [-0.3, -0.25) is 0 Å². The van der Waals surface area contributed by atoms with Gasteiger partial charge in [0.05, 0.1) is 0 Å². The van der Waals surface area contributed by atoms with Crippen molar-refractivity contribution in [2.75, 3.05) is 11.1 Å². The molecule has 7 heteroatoms. The van der Waals surface area contributed by atoms with E-state index in [0.717, 1.165) is 21.3 Å². The lowest BCUT2D eigenvalue weighted by molar-refractivity contribution is 0.224. The maximum absolute atomic E-state index is 6.23. The molecule has 1 aliphatic heterocycles. The van der Waals surface area contributed by atoms with E-state index in [-0.39, 0.29) is 0 Å². The van der Waals surface area contributed by atoms with Crippen molar-refractivity contribution >= 4 is 33.4 Å². The quantitative estimate of drug-likeness (QED) is 0.463. The molecule has 1 aliphatic rings. The summed E-state index contributed by atoms with van der Waals surface area (Å²) in [6.45, 7) is 3.73. The van der Waals surface area contributed by atoms with Gasteiger partial charge in [0.1, 0.15) is 0 Å². The van der Waals surface area contributed by atoms with Gasteiger partial charge in [-0.05, 0) is 12.1 Å². The van der Waals surface area contributed by atoms with E-state index in [9.17, 15) is 0 Å². The highest BCUT2D eigenvalue weighted by molar-refractivity contribution is 9.10. The van der Waals surface area contributed by atoms with Crippen LogP contribution in [0.25, 0.3) is 11.3 Å². The molecule has 4 rings (SSSR count). The summed E-state index contributed by atoms with van der Waals surface area (Å²) in [4.78, 5) is 4.58. The van der Waals surface area contributed by atoms with Crippen molar-refractivity contribution in [1.82, 2.24) is 15.2 Å². The molecular weight excluding hydrogens is 412 g/mol. The summed E-state index contributed by atoms with van der Waals surface area (Å²) in [5, 5.41) is 12.6. The molecule has 0 bridgehead atoms. The normalized spacial score (nSPS) is 15.0. The molecule has 0 fully saturated rings. The highest BCUT2D eigenvalue weighted by Gasteiger charge is 2.26. The predicted molar refractivity (Wildman–Crippen MR) is 107 cm³/mol. The van der Waals surface area contributed by atoms with Gasteiger partial charge in [0.25, 0.3) is 0 Å². The molecule has 5 nitrogen and oxygen atoms in total. The summed E-state index contributed by atoms with van der Waals surface area (Å²) in [5.74, 6) is 1.17. The van der Waals surface area contributed by atoms with E-state index in [0.29, 0.717) is 22.5 Å². The Bertz CT molecular complexity index is 966. The SMILES string of the molecule is C=CCSc1nnc2c(n1)O[C@H](c1ccccc1Br)Nc1ccccc1-2. The standard InChI is InChI=1S/C19H15BrN4OS/c1-2-11-26-19-22-18-16(23-24-19)13-8-4-6-10-15(13)21-17(25-18)12-7-3-5-9-14(12)20/h2-10,17,21H,1,11H2/t17-/m1/s1. The number of ether oxygens (including phenoxy) is 1. The van der Waals surface area contributed by atoms with Gasteiger partial charge in [-0.15, -0.1) is 16.8 Å². The zero-order valence-corrected chi connectivity index (χ0v) is 16.1. The van der Waals surface area contributed by atoms with Crippen LogP contribution in [0.15, 0.2) is 70.8 Å². The molecule has 26 heavy (non-hydrogen) atoms. The lowest BCUT2D eigenvalue weighted by Gasteiger charge is -2.20. The fourth-order valence-electron chi connectivity index (χ4n) is 2.67. The van der Waals surface area contributed by atoms with E-state index in [1.165, 1.54) is 11.8 Å². The molecule has 130 valence electrons. The highest BCUT2D eigenvalue weighted by atomic mass is 79.9. The van der Waals surface area contributed by atoms with Gasteiger partial charge in [-0.25, -0.2) is 0 Å². The van der Waals surface area contributed by atoms with Crippen LogP contribution in [0, 0.1) is 0 Å². The predicted octanol–water partition coefficient (Wildman–Crippen LogP) is 5.08. The first-order valence-electron chi connectivity index (χ1n) is 8.01. The third-order valence-electron chi connectivity index (χ3n) is 3.85. The summed E-state index contributed by atoms with van der Waals surface area (Å²) in [5.41, 5.74) is 3.45. The van der Waals surface area contributed by atoms with Crippen LogP contribution in [0.3, 0.4) is 0 Å². The number of fused-ring (bicyclic) bond motifs is 3. The van der Waals surface area contributed by atoms with Crippen molar-refractivity contribution in [2.24, 2.45) is 0 Å². The van der Waals surface area contributed by atoms with Gasteiger partial charge in [0, 0.05) is 27.0 Å². The van der Waals surface area contributed by atoms with Crippen molar-refractivity contribution < 1.29 is 4.74 Å². The van der Waals surface area contributed by atoms with Gasteiger partial charge in [0.2, 0.25) is 11.0 Å². The molecule has 0 amide bonds. The van der Waals surface area contributed by atoms with E-state index in [2.05, 4.69) is 43.0 Å². The summed E-state index contributed by atoms with van der Waals surface area (Å²) in [6.07, 6.45) is 1.41. The fraction of sp³-hybridized carbons (Fsp3) is 0.105. The largest absolute Gasteiger partial charge is 0.448 e. The first-order valence-corrected chi connectivity index (χ1v) is 9.79. The van der Waals surface area contributed by atoms with Gasteiger partial charge in [-0.1, -0.05) is 70.2 Å². The Labute approximate surface area is 164 Å². The summed E-state index contributed by atoms with van der Waals surface area (Å²) in [7, 11) is 0. The Morgan fingerprint density at radius 1 is 1.15 bits per heavy atom. The van der Waals surface area contributed by atoms with E-state index in [1.807, 2.05) is 48.5 Å². The van der Waals surface area contributed by atoms with Crippen molar-refractivity contribution in [1.29, 1.82) is 0 Å². The lowest BCUT2D eigenvalue weighted by Crippen LogP contribution is -2.17. The molecule has 0 radical (unpaired) electrons. The molecule has 2 aromatic carbocycles. The van der Waals surface area contributed by atoms with Gasteiger partial charge in [0.15, 0.2) is 11.9 Å². The van der Waals surface area contributed by atoms with Gasteiger partial charge < -0.3 is 10.1 Å². The van der Waals surface area contributed by atoms with Crippen LogP contribution in [-0.4, -0.2) is 20.9 Å². The minimum atomic E-state index is -0.401. The van der Waals surface area contributed by atoms with E-state index >= 15 is 0 Å². The minimum absolute atomic E-state index is 0.401. The number of para-hydroxylation sites is 1. The third-order valence-corrected chi connectivity index (χ3v) is 5.41. The second-order valence-corrected chi connectivity index (χ2v) is 7.40. The maximum Gasteiger partial charge on any atom is 0.247 e. The molecule has 0 unspecified atom stereocenters. The zero-order chi connectivity index (χ0) is 17.9. The summed E-state index contributed by atoms with van der Waals surface area (Å²) >= 11 is 5.07. The number of hydrogen-bond acceptors (Lipinski definition) is 6. The summed E-state index contributed by atoms with van der Waals surface area (Å²) < 4.78 is 7.19. The van der Waals surface area contributed by atoms with Gasteiger partial charge in [-0.2, -0.15) is 4.98 Å². The number of rotatable bonds is 4. The molecule has 0 saturated heterocycles. The average Bonchev–Trinajstić information content (AvgIpc) is 2.83. The van der Waals surface area contributed by atoms with Crippen LogP contribution in [0.4, 0.5) is 5.69 Å². The average molecular weight is 427 g/mol. The second kappa shape index (κ2) is 7.47. The van der Waals surface area contributed by atoms with Crippen LogP contribution >= 0.6 is 27.7 Å². The molecule has 0 saturated carbocycles. The van der Waals surface area contributed by atoms with Crippen LogP contribution in [0.1, 0.15) is 11.8 Å². The van der Waals surface area contributed by atoms with Crippen LogP contribution in [0.5, 0.6) is 5.88 Å². The number of hydrogen-bond donors (Lipinski definition) is 1. The number of nitrogens with one attached hydrogen (secondary N) is 1. The van der Waals surface area contributed by atoms with Crippen molar-refractivity contribution in [3.05, 3.63) is 71.2 Å². The fourth-order valence-corrected chi connectivity index (χ4v) is 3.68. The van der Waals surface area contributed by atoms with Crippen LogP contribution in [0.2, 0.25) is 0 Å². The smallest absolute Gasteiger partial charge is 0.247 e. The van der Waals surface area contributed by atoms with Crippen molar-refractivity contribution in [2.45, 2.75) is 11.4 Å². The first-order chi connectivity index (χ1) is 12.8. The number of anilines is 1. The molecule has 3 aromatic rings. The number of halogens is 1. The van der Waals surface area contributed by atoms with Crippen molar-refractivity contribution in [3.8, 4) is 17.1 Å². The van der Waals surface area contributed by atoms with Crippen molar-refractivity contribution in [3.63, 3.8) is 0 Å². The second-order valence-electron chi connectivity index (χ2n) is 5.56. The minimum Gasteiger partial charge on any atom is -0.448 e. The number of nitrogens with zero attached hydrogens (tertiary/aromatic N) is 3. The molecule has 0 spiro atoms. The Balaban J connectivity index is 1.82. The van der Waals surface area contributed by atoms with E-state index < -0.39 is 6.23 Å². The molecule has 1 aromatic heterocycles. The number of benzene rings is 2. The topological polar surface area (TPSA) is 59.9 Å². The molecule has 1 atom stereocenters. The highest BCUT2D eigenvalue weighted by Crippen LogP contribution is 2.40. The number of thioether (sulfide) groups is 1. The molecule has 2 heterocycles. The van der Waals surface area contributed by atoms with Gasteiger partial charge >= 0.3 is 0 Å². The molecular formula is C19H15BrN4OS. The molecule has 0 aliphatic carbocycles. The lowest BCUT2D eigenvalue weighted by atomic mass is 10.1. The Morgan fingerprint density at radius 3 is 2.81 bits per heavy atom. The first kappa shape index (κ1) is 17.1. The van der Waals surface area contributed by atoms with Crippen LogP contribution < -0.4 is 10.1 Å². The van der Waals surface area contributed by atoms with E-state index in [4.69, 9.17) is 4.74 Å². The molecule has 1 N–H and O–H groups in total.